The predicted octanol–water partition coefficient (Wildman–Crippen LogP) is 3.91. The van der Waals surface area contributed by atoms with Crippen molar-refractivity contribution in [1.29, 1.82) is 0 Å². The normalized spacial score (nSPS) is 31.0. The molecule has 2 saturated heterocycles. The van der Waals surface area contributed by atoms with Crippen LogP contribution in [0.1, 0.15) is 77.0 Å². The molecule has 2 heterocycles. The molecule has 1 amide bonds. The number of hydrogen-bond acceptors (Lipinski definition) is 3. The average molecular weight is 409 g/mol. The number of likely N-dealkylation sites (tertiary alicyclic amines) is 1. The van der Waals surface area contributed by atoms with Gasteiger partial charge in [-0.25, -0.2) is 8.42 Å². The first-order chi connectivity index (χ1) is 13.5. The Morgan fingerprint density at radius 2 is 1.75 bits per heavy atom. The van der Waals surface area contributed by atoms with Gasteiger partial charge in [0.25, 0.3) is 0 Å². The van der Waals surface area contributed by atoms with Crippen LogP contribution in [0.15, 0.2) is 11.8 Å². The maximum atomic E-state index is 12.9. The van der Waals surface area contributed by atoms with Crippen LogP contribution in [0, 0.1) is 17.8 Å². The topological polar surface area (TPSA) is 57.7 Å². The van der Waals surface area contributed by atoms with Crippen LogP contribution in [-0.2, 0) is 14.8 Å². The number of nitrogens with zero attached hydrogens (tertiary/aromatic N) is 2. The molecule has 0 aromatic rings. The van der Waals surface area contributed by atoms with E-state index in [0.29, 0.717) is 31.2 Å². The van der Waals surface area contributed by atoms with Crippen molar-refractivity contribution < 1.29 is 13.2 Å². The Morgan fingerprint density at radius 3 is 2.61 bits per heavy atom. The van der Waals surface area contributed by atoms with Crippen LogP contribution in [-0.4, -0.2) is 48.9 Å². The van der Waals surface area contributed by atoms with E-state index in [1.165, 1.54) is 32.1 Å². The lowest BCUT2D eigenvalue weighted by Gasteiger charge is -2.41. The van der Waals surface area contributed by atoms with Gasteiger partial charge < -0.3 is 4.90 Å². The summed E-state index contributed by atoms with van der Waals surface area (Å²) < 4.78 is 27.6. The van der Waals surface area contributed by atoms with Crippen LogP contribution in [0.5, 0.6) is 0 Å². The van der Waals surface area contributed by atoms with Crippen molar-refractivity contribution in [1.82, 2.24) is 9.21 Å². The number of carbonyl (C=O) groups is 1. The van der Waals surface area contributed by atoms with E-state index in [1.807, 2.05) is 4.90 Å². The van der Waals surface area contributed by atoms with Gasteiger partial charge in [-0.2, -0.15) is 0 Å². The van der Waals surface area contributed by atoms with Gasteiger partial charge in [-0.1, -0.05) is 25.3 Å². The number of fused-ring (bicyclic) bond motifs is 2. The van der Waals surface area contributed by atoms with Gasteiger partial charge in [-0.05, 0) is 69.1 Å². The number of sulfonamides is 1. The monoisotopic (exact) mass is 408 g/mol. The first-order valence-corrected chi connectivity index (χ1v) is 13.1. The molecule has 0 bridgehead atoms. The third-order valence-electron chi connectivity index (χ3n) is 7.50. The second-order valence-corrected chi connectivity index (χ2v) is 11.3. The molecule has 5 nitrogen and oxygen atoms in total. The highest BCUT2D eigenvalue weighted by Gasteiger charge is 2.35. The SMILES string of the molecule is O=C(CCCS(=O)(=O)N1CCCC2CCCC=C21)N1CCC2CCCCC2C1. The number of rotatable bonds is 5. The van der Waals surface area contributed by atoms with Gasteiger partial charge in [-0.3, -0.25) is 9.10 Å². The summed E-state index contributed by atoms with van der Waals surface area (Å²) in [6.07, 6.45) is 14.7. The molecule has 4 aliphatic rings. The third-order valence-corrected chi connectivity index (χ3v) is 9.37. The second-order valence-electron chi connectivity index (χ2n) is 9.32. The molecule has 2 aliphatic carbocycles. The van der Waals surface area contributed by atoms with Crippen molar-refractivity contribution in [3.05, 3.63) is 11.8 Å². The highest BCUT2D eigenvalue weighted by Crippen LogP contribution is 2.37. The summed E-state index contributed by atoms with van der Waals surface area (Å²) in [5, 5.41) is 0. The van der Waals surface area contributed by atoms with E-state index < -0.39 is 10.0 Å². The minimum Gasteiger partial charge on any atom is -0.342 e. The quantitative estimate of drug-likeness (QED) is 0.693. The molecule has 4 rings (SSSR count). The molecule has 0 radical (unpaired) electrons. The second kappa shape index (κ2) is 8.76. The van der Waals surface area contributed by atoms with Gasteiger partial charge in [0.05, 0.1) is 5.75 Å². The van der Waals surface area contributed by atoms with Crippen LogP contribution in [0.2, 0.25) is 0 Å². The molecular formula is C22H36N2O3S. The summed E-state index contributed by atoms with van der Waals surface area (Å²) in [6, 6.07) is 0. The standard InChI is InChI=1S/C22H36N2O3S/c25-22(23-15-13-18-7-1-2-9-20(18)17-23)12-6-16-28(26,27)24-14-5-10-19-8-3-4-11-21(19)24/h11,18-20H,1-10,12-17H2. The summed E-state index contributed by atoms with van der Waals surface area (Å²) in [5.41, 5.74) is 1.04. The molecule has 1 saturated carbocycles. The molecule has 3 unspecified atom stereocenters. The third kappa shape index (κ3) is 4.42. The van der Waals surface area contributed by atoms with Gasteiger partial charge in [-0.15, -0.1) is 0 Å². The molecule has 28 heavy (non-hydrogen) atoms. The van der Waals surface area contributed by atoms with Crippen molar-refractivity contribution >= 4 is 15.9 Å². The largest absolute Gasteiger partial charge is 0.342 e. The lowest BCUT2D eigenvalue weighted by atomic mass is 9.75. The minimum atomic E-state index is -3.30. The highest BCUT2D eigenvalue weighted by molar-refractivity contribution is 7.89. The van der Waals surface area contributed by atoms with Gasteiger partial charge >= 0.3 is 0 Å². The first kappa shape index (κ1) is 20.2. The average Bonchev–Trinajstić information content (AvgIpc) is 2.72. The molecule has 0 aromatic carbocycles. The zero-order valence-corrected chi connectivity index (χ0v) is 18.0. The van der Waals surface area contributed by atoms with Crippen LogP contribution < -0.4 is 0 Å². The first-order valence-electron chi connectivity index (χ1n) is 11.5. The molecule has 3 atom stereocenters. The van der Waals surface area contributed by atoms with Gasteiger partial charge in [0.15, 0.2) is 0 Å². The Balaban J connectivity index is 1.28. The summed E-state index contributed by atoms with van der Waals surface area (Å²) in [5.74, 6) is 2.18. The van der Waals surface area contributed by atoms with Crippen molar-refractivity contribution in [2.24, 2.45) is 17.8 Å². The van der Waals surface area contributed by atoms with Crippen molar-refractivity contribution in [2.75, 3.05) is 25.4 Å². The van der Waals surface area contributed by atoms with E-state index in [-0.39, 0.29) is 11.7 Å². The summed E-state index contributed by atoms with van der Waals surface area (Å²) in [7, 11) is -3.30. The van der Waals surface area contributed by atoms with Gasteiger partial charge in [0, 0.05) is 31.8 Å². The van der Waals surface area contributed by atoms with E-state index in [2.05, 4.69) is 6.08 Å². The Bertz CT molecular complexity index is 703. The molecular weight excluding hydrogens is 372 g/mol. The minimum absolute atomic E-state index is 0.0999. The summed E-state index contributed by atoms with van der Waals surface area (Å²) >= 11 is 0. The smallest absolute Gasteiger partial charge is 0.234 e. The Labute approximate surface area is 170 Å². The van der Waals surface area contributed by atoms with Crippen LogP contribution in [0.25, 0.3) is 0 Å². The van der Waals surface area contributed by atoms with E-state index in [4.69, 9.17) is 0 Å². The number of amides is 1. The molecule has 6 heteroatoms. The predicted molar refractivity (Wildman–Crippen MR) is 111 cm³/mol. The lowest BCUT2D eigenvalue weighted by Crippen LogP contribution is -2.45. The molecule has 2 aliphatic heterocycles. The Hall–Kier alpha value is -1.04. The fraction of sp³-hybridized carbons (Fsp3) is 0.864. The van der Waals surface area contributed by atoms with Gasteiger partial charge in [0.2, 0.25) is 15.9 Å². The van der Waals surface area contributed by atoms with E-state index >= 15 is 0 Å². The van der Waals surface area contributed by atoms with Crippen LogP contribution in [0.3, 0.4) is 0 Å². The van der Waals surface area contributed by atoms with Crippen molar-refractivity contribution in [2.45, 2.75) is 77.0 Å². The van der Waals surface area contributed by atoms with E-state index in [1.54, 1.807) is 4.31 Å². The number of carbonyl (C=O) groups excluding carboxylic acids is 1. The van der Waals surface area contributed by atoms with Crippen molar-refractivity contribution in [3.63, 3.8) is 0 Å². The molecule has 0 spiro atoms. The Morgan fingerprint density at radius 1 is 0.964 bits per heavy atom. The van der Waals surface area contributed by atoms with Crippen LogP contribution in [0.4, 0.5) is 0 Å². The zero-order valence-electron chi connectivity index (χ0n) is 17.2. The maximum absolute atomic E-state index is 12.9. The van der Waals surface area contributed by atoms with E-state index in [0.717, 1.165) is 56.8 Å². The number of piperidine rings is 2. The van der Waals surface area contributed by atoms with E-state index in [9.17, 15) is 13.2 Å². The Kier molecular flexibility index (Phi) is 6.34. The highest BCUT2D eigenvalue weighted by atomic mass is 32.2. The zero-order chi connectivity index (χ0) is 19.6. The summed E-state index contributed by atoms with van der Waals surface area (Å²) in [6.45, 7) is 2.39. The maximum Gasteiger partial charge on any atom is 0.234 e. The fourth-order valence-electron chi connectivity index (χ4n) is 5.94. The molecule has 0 aromatic heterocycles. The molecule has 158 valence electrons. The summed E-state index contributed by atoms with van der Waals surface area (Å²) in [4.78, 5) is 14.7. The van der Waals surface area contributed by atoms with Crippen molar-refractivity contribution in [3.8, 4) is 0 Å². The molecule has 0 N–H and O–H groups in total. The molecule has 3 fully saturated rings. The van der Waals surface area contributed by atoms with Gasteiger partial charge in [0.1, 0.15) is 0 Å². The number of hydrogen-bond donors (Lipinski definition) is 0. The number of allylic oxidation sites excluding steroid dienone is 2. The van der Waals surface area contributed by atoms with Crippen LogP contribution >= 0.6 is 0 Å². The lowest BCUT2D eigenvalue weighted by molar-refractivity contribution is -0.134. The fourth-order valence-corrected chi connectivity index (χ4v) is 7.62.